The second kappa shape index (κ2) is 13.2. The molecule has 0 bridgehead atoms. The Labute approximate surface area is 188 Å². The third-order valence-corrected chi connectivity index (χ3v) is 6.39. The number of carbonyl (C=O) groups excluding carboxylic acids is 1. The van der Waals surface area contributed by atoms with Gasteiger partial charge in [-0.25, -0.2) is 9.97 Å². The van der Waals surface area contributed by atoms with Crippen molar-refractivity contribution in [1.82, 2.24) is 19.8 Å². The maximum atomic E-state index is 12.8. The van der Waals surface area contributed by atoms with Crippen molar-refractivity contribution in [3.63, 3.8) is 0 Å². The van der Waals surface area contributed by atoms with Crippen LogP contribution in [-0.4, -0.2) is 95.9 Å². The van der Waals surface area contributed by atoms with E-state index in [0.29, 0.717) is 32.1 Å². The van der Waals surface area contributed by atoms with Crippen LogP contribution in [0.2, 0.25) is 0 Å². The van der Waals surface area contributed by atoms with Gasteiger partial charge in [0, 0.05) is 65.1 Å². The Morgan fingerprint density at radius 1 is 1.00 bits per heavy atom. The zero-order valence-electron chi connectivity index (χ0n) is 18.2. The third-order valence-electron chi connectivity index (χ3n) is 5.98. The number of nitrogens with zero attached hydrogens (tertiary/aromatic N) is 5. The highest BCUT2D eigenvalue weighted by Crippen LogP contribution is 2.32. The van der Waals surface area contributed by atoms with Crippen LogP contribution in [0.4, 0.5) is 5.95 Å². The van der Waals surface area contributed by atoms with Gasteiger partial charge in [-0.15, -0.1) is 0 Å². The van der Waals surface area contributed by atoms with Crippen LogP contribution in [0.1, 0.15) is 32.1 Å². The Kier molecular flexibility index (Phi) is 11.0. The number of carbonyl (C=O) groups is 1. The number of halogens is 1. The van der Waals surface area contributed by atoms with Crippen LogP contribution in [0.5, 0.6) is 0 Å². The van der Waals surface area contributed by atoms with Crippen molar-refractivity contribution < 1.29 is 15.0 Å². The van der Waals surface area contributed by atoms with Crippen LogP contribution in [-0.2, 0) is 4.79 Å². The summed E-state index contributed by atoms with van der Waals surface area (Å²) < 4.78 is 0.877. The summed E-state index contributed by atoms with van der Waals surface area (Å²) in [5.74, 6) is 1.71. The number of amides is 1. The summed E-state index contributed by atoms with van der Waals surface area (Å²) in [6.07, 6.45) is 8.68. The topological polar surface area (TPSA) is 93.0 Å². The van der Waals surface area contributed by atoms with E-state index in [-0.39, 0.29) is 25.0 Å². The molecule has 9 heteroatoms. The predicted octanol–water partition coefficient (Wildman–Crippen LogP) is 1.62. The SMILES string of the molecule is CN(CCN(CCO)CCO)C(=O)C1CCC(CCN(C)c2ncc(Br)cn2)CC1. The molecule has 0 unspecified atom stereocenters. The highest BCUT2D eigenvalue weighted by molar-refractivity contribution is 9.10. The Morgan fingerprint density at radius 3 is 2.17 bits per heavy atom. The van der Waals surface area contributed by atoms with E-state index in [1.165, 1.54) is 0 Å². The molecule has 0 atom stereocenters. The average Bonchev–Trinajstić information content (AvgIpc) is 2.76. The summed E-state index contributed by atoms with van der Waals surface area (Å²) in [5.41, 5.74) is 0. The summed E-state index contributed by atoms with van der Waals surface area (Å²) in [5, 5.41) is 18.2. The maximum absolute atomic E-state index is 12.8. The smallest absolute Gasteiger partial charge is 0.225 e. The number of aliphatic hydroxyl groups is 2. The van der Waals surface area contributed by atoms with Crippen LogP contribution in [0.25, 0.3) is 0 Å². The Bertz CT molecular complexity index is 620. The Hall–Kier alpha value is -1.29. The van der Waals surface area contributed by atoms with Gasteiger partial charge >= 0.3 is 0 Å². The number of aliphatic hydroxyl groups excluding tert-OH is 2. The molecule has 1 aliphatic carbocycles. The molecule has 170 valence electrons. The predicted molar refractivity (Wildman–Crippen MR) is 121 cm³/mol. The van der Waals surface area contributed by atoms with Gasteiger partial charge in [0.2, 0.25) is 11.9 Å². The van der Waals surface area contributed by atoms with Gasteiger partial charge in [-0.2, -0.15) is 0 Å². The molecule has 0 aromatic carbocycles. The summed E-state index contributed by atoms with van der Waals surface area (Å²) in [6.45, 7) is 3.37. The fourth-order valence-electron chi connectivity index (χ4n) is 4.01. The molecule has 0 spiro atoms. The number of hydrogen-bond donors (Lipinski definition) is 2. The number of anilines is 1. The van der Waals surface area contributed by atoms with Crippen molar-refractivity contribution in [3.8, 4) is 0 Å². The molecule has 1 aliphatic rings. The largest absolute Gasteiger partial charge is 0.395 e. The molecule has 30 heavy (non-hydrogen) atoms. The van der Waals surface area contributed by atoms with Crippen molar-refractivity contribution in [3.05, 3.63) is 16.9 Å². The van der Waals surface area contributed by atoms with Crippen molar-refractivity contribution in [2.75, 3.05) is 64.9 Å². The number of rotatable bonds is 12. The van der Waals surface area contributed by atoms with Crippen LogP contribution in [0.15, 0.2) is 16.9 Å². The van der Waals surface area contributed by atoms with Gasteiger partial charge in [-0.05, 0) is 54.0 Å². The first-order chi connectivity index (χ1) is 14.4. The van der Waals surface area contributed by atoms with E-state index in [9.17, 15) is 4.79 Å². The fourth-order valence-corrected chi connectivity index (χ4v) is 4.21. The van der Waals surface area contributed by atoms with Crippen molar-refractivity contribution in [2.24, 2.45) is 11.8 Å². The van der Waals surface area contributed by atoms with E-state index in [2.05, 4.69) is 30.8 Å². The number of likely N-dealkylation sites (N-methyl/N-ethyl adjacent to an activating group) is 1. The molecule has 0 aliphatic heterocycles. The summed E-state index contributed by atoms with van der Waals surface area (Å²) in [7, 11) is 3.88. The monoisotopic (exact) mass is 485 g/mol. The molecule has 2 rings (SSSR count). The van der Waals surface area contributed by atoms with Crippen LogP contribution < -0.4 is 4.90 Å². The van der Waals surface area contributed by atoms with E-state index in [1.54, 1.807) is 12.4 Å². The highest BCUT2D eigenvalue weighted by atomic mass is 79.9. The van der Waals surface area contributed by atoms with E-state index in [4.69, 9.17) is 10.2 Å². The maximum Gasteiger partial charge on any atom is 0.225 e. The normalized spacial score (nSPS) is 19.1. The molecule has 0 radical (unpaired) electrons. The second-order valence-corrected chi connectivity index (χ2v) is 9.09. The van der Waals surface area contributed by atoms with E-state index < -0.39 is 0 Å². The lowest BCUT2D eigenvalue weighted by Gasteiger charge is -2.32. The van der Waals surface area contributed by atoms with Crippen LogP contribution in [0.3, 0.4) is 0 Å². The first-order valence-electron chi connectivity index (χ1n) is 10.8. The van der Waals surface area contributed by atoms with Gasteiger partial charge < -0.3 is 20.0 Å². The van der Waals surface area contributed by atoms with E-state index >= 15 is 0 Å². The molecule has 1 fully saturated rings. The molecule has 2 N–H and O–H groups in total. The Balaban J connectivity index is 1.69. The first kappa shape index (κ1) is 25.0. The quantitative estimate of drug-likeness (QED) is 0.464. The fraction of sp³-hybridized carbons (Fsp3) is 0.762. The molecule has 1 aromatic rings. The van der Waals surface area contributed by atoms with Crippen molar-refractivity contribution >= 4 is 27.8 Å². The number of hydrogen-bond acceptors (Lipinski definition) is 7. The molecule has 1 amide bonds. The highest BCUT2D eigenvalue weighted by Gasteiger charge is 2.28. The van der Waals surface area contributed by atoms with Gasteiger partial charge in [0.05, 0.1) is 17.7 Å². The zero-order chi connectivity index (χ0) is 21.9. The zero-order valence-corrected chi connectivity index (χ0v) is 19.8. The summed E-state index contributed by atoms with van der Waals surface area (Å²) in [4.78, 5) is 27.3. The molecule has 1 aromatic heterocycles. The summed E-state index contributed by atoms with van der Waals surface area (Å²) >= 11 is 3.36. The van der Waals surface area contributed by atoms with Gasteiger partial charge in [0.1, 0.15) is 0 Å². The van der Waals surface area contributed by atoms with E-state index in [0.717, 1.165) is 49.1 Å². The molecular weight excluding hydrogens is 450 g/mol. The minimum Gasteiger partial charge on any atom is -0.395 e. The molecule has 1 heterocycles. The summed E-state index contributed by atoms with van der Waals surface area (Å²) in [6, 6.07) is 0. The van der Waals surface area contributed by atoms with Gasteiger partial charge in [-0.3, -0.25) is 9.69 Å². The second-order valence-electron chi connectivity index (χ2n) is 8.18. The van der Waals surface area contributed by atoms with E-state index in [1.807, 2.05) is 23.9 Å². The third kappa shape index (κ3) is 8.09. The Morgan fingerprint density at radius 2 is 1.60 bits per heavy atom. The van der Waals surface area contributed by atoms with Gasteiger partial charge in [-0.1, -0.05) is 0 Å². The molecule has 1 saturated carbocycles. The minimum atomic E-state index is 0.0603. The standard InChI is InChI=1S/C21H36BrN5O3/c1-25(9-10-27(11-13-28)12-14-29)20(30)18-5-3-17(4-6-18)7-8-26(2)21-23-15-19(22)16-24-21/h15-18,28-29H,3-14H2,1-2H3. The van der Waals surface area contributed by atoms with Gasteiger partial charge in [0.15, 0.2) is 0 Å². The lowest BCUT2D eigenvalue weighted by Crippen LogP contribution is -2.41. The van der Waals surface area contributed by atoms with Crippen molar-refractivity contribution in [1.29, 1.82) is 0 Å². The lowest BCUT2D eigenvalue weighted by atomic mass is 9.80. The lowest BCUT2D eigenvalue weighted by molar-refractivity contribution is -0.135. The van der Waals surface area contributed by atoms with Crippen LogP contribution in [0, 0.1) is 11.8 Å². The number of aromatic nitrogens is 2. The molecule has 8 nitrogen and oxygen atoms in total. The first-order valence-corrected chi connectivity index (χ1v) is 11.6. The van der Waals surface area contributed by atoms with Crippen molar-refractivity contribution in [2.45, 2.75) is 32.1 Å². The average molecular weight is 486 g/mol. The minimum absolute atomic E-state index is 0.0603. The molecular formula is C21H36BrN5O3. The van der Waals surface area contributed by atoms with Crippen LogP contribution >= 0.6 is 15.9 Å². The van der Waals surface area contributed by atoms with Gasteiger partial charge in [0.25, 0.3) is 0 Å². The molecule has 0 saturated heterocycles.